The first-order chi connectivity index (χ1) is 14.4. The van der Waals surface area contributed by atoms with E-state index in [9.17, 15) is 8.42 Å². The van der Waals surface area contributed by atoms with Crippen molar-refractivity contribution in [3.8, 4) is 16.9 Å². The van der Waals surface area contributed by atoms with Crippen molar-refractivity contribution in [1.29, 1.82) is 0 Å². The van der Waals surface area contributed by atoms with Crippen LogP contribution in [-0.2, 0) is 9.84 Å². The molecule has 0 aliphatic rings. The number of benzene rings is 2. The predicted octanol–water partition coefficient (Wildman–Crippen LogP) is 4.25. The van der Waals surface area contributed by atoms with Gasteiger partial charge in [-0.1, -0.05) is 19.1 Å². The van der Waals surface area contributed by atoms with E-state index in [1.165, 1.54) is 0 Å². The number of rotatable bonds is 7. The van der Waals surface area contributed by atoms with Crippen LogP contribution in [0.4, 0.5) is 0 Å². The molecule has 7 heteroatoms. The number of sulfone groups is 1. The maximum absolute atomic E-state index is 12.4. The summed E-state index contributed by atoms with van der Waals surface area (Å²) in [6, 6.07) is 12.9. The molecule has 2 aromatic heterocycles. The van der Waals surface area contributed by atoms with Crippen molar-refractivity contribution in [2.45, 2.75) is 25.2 Å². The fraction of sp³-hybridized carbons (Fsp3) is 0.261. The van der Waals surface area contributed by atoms with Gasteiger partial charge in [0.2, 0.25) is 0 Å². The number of aryl methyl sites for hydroxylation is 1. The number of nitrogens with zero attached hydrogens (tertiary/aromatic N) is 1. The summed E-state index contributed by atoms with van der Waals surface area (Å²) in [6.07, 6.45) is 2.34. The van der Waals surface area contributed by atoms with E-state index < -0.39 is 9.84 Å². The molecule has 0 atom stereocenters. The van der Waals surface area contributed by atoms with E-state index >= 15 is 0 Å². The van der Waals surface area contributed by atoms with Crippen LogP contribution in [0.2, 0.25) is 0 Å². The molecular weight excluding hydrogens is 400 g/mol. The number of ether oxygens (including phenoxy) is 1. The van der Waals surface area contributed by atoms with Crippen LogP contribution in [-0.4, -0.2) is 42.5 Å². The zero-order valence-electron chi connectivity index (χ0n) is 17.0. The standard InChI is InChI=1S/C23H24N2O4S/c1-3-30(27,28)17-7-4-6-16(13-17)18-8-9-20(29-11-5-10-26)22-21(18)19-12-15(2)14-24-23(19)25-22/h4,6-9,12-14,26H,3,5,10-11H2,1-2H3,(H,24,25). The summed E-state index contributed by atoms with van der Waals surface area (Å²) in [6.45, 7) is 4.10. The Bertz CT molecular complexity index is 1330. The van der Waals surface area contributed by atoms with E-state index in [2.05, 4.69) is 16.0 Å². The molecule has 0 aliphatic carbocycles. The van der Waals surface area contributed by atoms with Gasteiger partial charge >= 0.3 is 0 Å². The van der Waals surface area contributed by atoms with Crippen LogP contribution in [0.5, 0.6) is 5.75 Å². The fourth-order valence-corrected chi connectivity index (χ4v) is 4.52. The molecule has 0 amide bonds. The first kappa shape index (κ1) is 20.4. The Kier molecular flexibility index (Phi) is 5.49. The van der Waals surface area contributed by atoms with Crippen LogP contribution in [0.3, 0.4) is 0 Å². The summed E-state index contributed by atoms with van der Waals surface area (Å²) < 4.78 is 30.7. The lowest BCUT2D eigenvalue weighted by Gasteiger charge is -2.11. The third-order valence-corrected chi connectivity index (χ3v) is 6.88. The molecule has 2 N–H and O–H groups in total. The van der Waals surface area contributed by atoms with Crippen molar-refractivity contribution in [1.82, 2.24) is 9.97 Å². The van der Waals surface area contributed by atoms with Gasteiger partial charge < -0.3 is 14.8 Å². The summed E-state index contributed by atoms with van der Waals surface area (Å²) >= 11 is 0. The number of fused-ring (bicyclic) bond motifs is 3. The summed E-state index contributed by atoms with van der Waals surface area (Å²) in [7, 11) is -3.31. The molecule has 6 nitrogen and oxygen atoms in total. The Morgan fingerprint density at radius 3 is 2.77 bits per heavy atom. The number of aromatic nitrogens is 2. The Morgan fingerprint density at radius 2 is 2.00 bits per heavy atom. The SMILES string of the molecule is CCS(=O)(=O)c1cccc(-c2ccc(OCCCO)c3[nH]c4ncc(C)cc4c23)c1. The fourth-order valence-electron chi connectivity index (χ4n) is 3.60. The number of aliphatic hydroxyl groups is 1. The number of aliphatic hydroxyl groups excluding tert-OH is 1. The highest BCUT2D eigenvalue weighted by Gasteiger charge is 2.18. The second-order valence-electron chi connectivity index (χ2n) is 7.25. The minimum atomic E-state index is -3.31. The second kappa shape index (κ2) is 8.08. The molecule has 0 unspecified atom stereocenters. The monoisotopic (exact) mass is 424 g/mol. The molecule has 4 aromatic rings. The molecule has 156 valence electrons. The molecule has 0 fully saturated rings. The number of pyridine rings is 1. The van der Waals surface area contributed by atoms with E-state index in [4.69, 9.17) is 9.84 Å². The lowest BCUT2D eigenvalue weighted by molar-refractivity contribution is 0.234. The molecular formula is C23H24N2O4S. The zero-order valence-corrected chi connectivity index (χ0v) is 17.8. The maximum atomic E-state index is 12.4. The highest BCUT2D eigenvalue weighted by Crippen LogP contribution is 2.39. The summed E-state index contributed by atoms with van der Waals surface area (Å²) in [5.41, 5.74) is 4.31. The molecule has 0 radical (unpaired) electrons. The molecule has 0 spiro atoms. The van der Waals surface area contributed by atoms with Gasteiger partial charge in [0.25, 0.3) is 0 Å². The predicted molar refractivity (Wildman–Crippen MR) is 119 cm³/mol. The van der Waals surface area contributed by atoms with Gasteiger partial charge in [0.15, 0.2) is 9.84 Å². The van der Waals surface area contributed by atoms with Crippen LogP contribution < -0.4 is 4.74 Å². The Balaban J connectivity index is 1.97. The minimum absolute atomic E-state index is 0.0553. The molecule has 0 saturated heterocycles. The largest absolute Gasteiger partial charge is 0.491 e. The zero-order chi connectivity index (χ0) is 21.3. The third-order valence-electron chi connectivity index (χ3n) is 5.15. The van der Waals surface area contributed by atoms with Crippen LogP contribution in [0.15, 0.2) is 53.6 Å². The van der Waals surface area contributed by atoms with Gasteiger partial charge in [-0.15, -0.1) is 0 Å². The van der Waals surface area contributed by atoms with E-state index in [0.717, 1.165) is 38.6 Å². The van der Waals surface area contributed by atoms with Gasteiger partial charge in [0.05, 0.1) is 22.8 Å². The van der Waals surface area contributed by atoms with Gasteiger partial charge in [-0.25, -0.2) is 13.4 Å². The van der Waals surface area contributed by atoms with Crippen LogP contribution >= 0.6 is 0 Å². The molecule has 0 bridgehead atoms. The highest BCUT2D eigenvalue weighted by atomic mass is 32.2. The van der Waals surface area contributed by atoms with E-state index in [-0.39, 0.29) is 12.4 Å². The van der Waals surface area contributed by atoms with Crippen molar-refractivity contribution in [3.05, 3.63) is 54.2 Å². The average molecular weight is 425 g/mol. The summed E-state index contributed by atoms with van der Waals surface area (Å²) in [4.78, 5) is 8.18. The van der Waals surface area contributed by atoms with E-state index in [1.54, 1.807) is 31.3 Å². The Labute approximate surface area is 175 Å². The van der Waals surface area contributed by atoms with Gasteiger partial charge in [-0.3, -0.25) is 0 Å². The Hall–Kier alpha value is -2.90. The average Bonchev–Trinajstić information content (AvgIpc) is 3.13. The van der Waals surface area contributed by atoms with Gasteiger partial charge in [-0.2, -0.15) is 0 Å². The normalized spacial score (nSPS) is 12.0. The molecule has 2 aromatic carbocycles. The summed E-state index contributed by atoms with van der Waals surface area (Å²) in [5.74, 6) is 0.731. The number of hydrogen-bond acceptors (Lipinski definition) is 5. The van der Waals surface area contributed by atoms with Gasteiger partial charge in [0, 0.05) is 30.0 Å². The maximum Gasteiger partial charge on any atom is 0.178 e. The minimum Gasteiger partial charge on any atom is -0.491 e. The highest BCUT2D eigenvalue weighted by molar-refractivity contribution is 7.91. The first-order valence-electron chi connectivity index (χ1n) is 9.92. The number of nitrogens with one attached hydrogen (secondary N) is 1. The van der Waals surface area contributed by atoms with Crippen LogP contribution in [0.25, 0.3) is 33.1 Å². The first-order valence-corrected chi connectivity index (χ1v) is 11.6. The van der Waals surface area contributed by atoms with Crippen molar-refractivity contribution < 1.29 is 18.3 Å². The lowest BCUT2D eigenvalue weighted by atomic mass is 9.99. The van der Waals surface area contributed by atoms with Crippen molar-refractivity contribution in [2.75, 3.05) is 19.0 Å². The van der Waals surface area contributed by atoms with Crippen LogP contribution in [0.1, 0.15) is 18.9 Å². The van der Waals surface area contributed by atoms with Crippen LogP contribution in [0, 0.1) is 6.92 Å². The quantitative estimate of drug-likeness (QED) is 0.433. The van der Waals surface area contributed by atoms with Crippen molar-refractivity contribution in [3.63, 3.8) is 0 Å². The molecule has 2 heterocycles. The Morgan fingerprint density at radius 1 is 1.17 bits per heavy atom. The van der Waals surface area contributed by atoms with E-state index in [1.807, 2.05) is 25.1 Å². The summed E-state index contributed by atoms with van der Waals surface area (Å²) in [5, 5.41) is 11.0. The lowest BCUT2D eigenvalue weighted by Crippen LogP contribution is -2.03. The van der Waals surface area contributed by atoms with Gasteiger partial charge in [-0.05, 0) is 53.9 Å². The third kappa shape index (κ3) is 3.66. The number of H-pyrrole nitrogens is 1. The second-order valence-corrected chi connectivity index (χ2v) is 9.53. The molecule has 0 aliphatic heterocycles. The molecule has 4 rings (SSSR count). The molecule has 0 saturated carbocycles. The van der Waals surface area contributed by atoms with Gasteiger partial charge in [0.1, 0.15) is 11.4 Å². The topological polar surface area (TPSA) is 92.3 Å². The van der Waals surface area contributed by atoms with Crippen molar-refractivity contribution >= 4 is 31.8 Å². The van der Waals surface area contributed by atoms with Crippen molar-refractivity contribution in [2.24, 2.45) is 0 Å². The number of hydrogen-bond donors (Lipinski definition) is 2. The molecule has 30 heavy (non-hydrogen) atoms. The number of aromatic amines is 1. The smallest absolute Gasteiger partial charge is 0.178 e. The van der Waals surface area contributed by atoms with E-state index in [0.29, 0.717) is 23.7 Å².